The van der Waals surface area contributed by atoms with Gasteiger partial charge in [0.2, 0.25) is 5.69 Å². The monoisotopic (exact) mass is 240 g/mol. The molecule has 0 spiro atoms. The van der Waals surface area contributed by atoms with Crippen LogP contribution in [0.3, 0.4) is 0 Å². The van der Waals surface area contributed by atoms with E-state index in [1.807, 2.05) is 36.4 Å². The summed E-state index contributed by atoms with van der Waals surface area (Å²) in [7, 11) is 1.66. The Labute approximate surface area is 106 Å². The Bertz CT molecular complexity index is 591. The molecule has 0 aromatic heterocycles. The molecule has 1 heterocycles. The highest BCUT2D eigenvalue weighted by Gasteiger charge is 2.21. The summed E-state index contributed by atoms with van der Waals surface area (Å²) in [6.45, 7) is 0.497. The summed E-state index contributed by atoms with van der Waals surface area (Å²) in [4.78, 5) is 0. The van der Waals surface area contributed by atoms with Crippen LogP contribution in [0.15, 0.2) is 48.5 Å². The molecule has 0 fully saturated rings. The Balaban J connectivity index is 2.04. The summed E-state index contributed by atoms with van der Waals surface area (Å²) < 4.78 is 13.1. The van der Waals surface area contributed by atoms with Crippen molar-refractivity contribution in [3.63, 3.8) is 0 Å². The quantitative estimate of drug-likeness (QED) is 0.753. The van der Waals surface area contributed by atoms with E-state index < -0.39 is 0 Å². The summed E-state index contributed by atoms with van der Waals surface area (Å²) in [5.74, 6) is 1.59. The maximum Gasteiger partial charge on any atom is 0.292 e. The number of para-hydroxylation sites is 2. The first kappa shape index (κ1) is 10.8. The number of rotatable bonds is 2. The number of hydrogen-bond acceptors (Lipinski definition) is 2. The molecule has 3 rings (SSSR count). The first-order valence-corrected chi connectivity index (χ1v) is 5.85. The summed E-state index contributed by atoms with van der Waals surface area (Å²) in [5, 5.41) is 0. The van der Waals surface area contributed by atoms with Gasteiger partial charge < -0.3 is 9.47 Å². The normalized spacial score (nSPS) is 13.3. The first-order valence-electron chi connectivity index (χ1n) is 5.85. The Hall–Kier alpha value is -2.29. The van der Waals surface area contributed by atoms with Crippen molar-refractivity contribution >= 4 is 11.9 Å². The second-order valence-electron chi connectivity index (χ2n) is 4.09. The number of benzene rings is 2. The zero-order chi connectivity index (χ0) is 12.4. The maximum atomic E-state index is 5.78. The smallest absolute Gasteiger partial charge is 0.292 e. The van der Waals surface area contributed by atoms with Crippen LogP contribution >= 0.6 is 0 Å². The molecule has 3 heteroatoms. The van der Waals surface area contributed by atoms with Gasteiger partial charge in [-0.2, -0.15) is 4.58 Å². The van der Waals surface area contributed by atoms with Crippen LogP contribution in [0.25, 0.3) is 0 Å². The van der Waals surface area contributed by atoms with Gasteiger partial charge in [-0.3, -0.25) is 0 Å². The third-order valence-corrected chi connectivity index (χ3v) is 2.96. The highest BCUT2D eigenvalue weighted by molar-refractivity contribution is 5.83. The molecule has 0 unspecified atom stereocenters. The van der Waals surface area contributed by atoms with Crippen molar-refractivity contribution in [1.82, 2.24) is 0 Å². The van der Waals surface area contributed by atoms with E-state index in [9.17, 15) is 0 Å². The van der Waals surface area contributed by atoms with Gasteiger partial charge in [-0.25, -0.2) is 0 Å². The van der Waals surface area contributed by atoms with E-state index in [0.29, 0.717) is 6.73 Å². The lowest BCUT2D eigenvalue weighted by Gasteiger charge is -2.15. The van der Waals surface area contributed by atoms with E-state index in [2.05, 4.69) is 22.9 Å². The minimum Gasteiger partial charge on any atom is -0.493 e. The van der Waals surface area contributed by atoms with Crippen molar-refractivity contribution in [1.29, 1.82) is 0 Å². The Morgan fingerprint density at radius 1 is 1.06 bits per heavy atom. The van der Waals surface area contributed by atoms with Gasteiger partial charge in [-0.15, -0.1) is 0 Å². The molecule has 0 radical (unpaired) electrons. The molecule has 1 aliphatic rings. The van der Waals surface area contributed by atoms with Crippen LogP contribution in [0.2, 0.25) is 0 Å². The van der Waals surface area contributed by atoms with Crippen LogP contribution in [0.1, 0.15) is 5.56 Å². The molecule has 0 amide bonds. The highest BCUT2D eigenvalue weighted by atomic mass is 16.5. The van der Waals surface area contributed by atoms with Crippen molar-refractivity contribution in [2.75, 3.05) is 13.8 Å². The second-order valence-corrected chi connectivity index (χ2v) is 4.09. The molecule has 0 bridgehead atoms. The number of methoxy groups -OCH3 is 1. The molecule has 2 aromatic carbocycles. The Kier molecular flexibility index (Phi) is 2.73. The molecule has 18 heavy (non-hydrogen) atoms. The zero-order valence-corrected chi connectivity index (χ0v) is 10.2. The van der Waals surface area contributed by atoms with Crippen LogP contribution in [-0.4, -0.2) is 24.6 Å². The van der Waals surface area contributed by atoms with Crippen molar-refractivity contribution in [2.24, 2.45) is 0 Å². The predicted octanol–water partition coefficient (Wildman–Crippen LogP) is 2.81. The lowest BCUT2D eigenvalue weighted by atomic mass is 10.2. The Morgan fingerprint density at radius 3 is 2.67 bits per heavy atom. The molecule has 0 atom stereocenters. The maximum absolute atomic E-state index is 5.78. The Morgan fingerprint density at radius 2 is 1.89 bits per heavy atom. The van der Waals surface area contributed by atoms with Gasteiger partial charge in [-0.05, 0) is 12.1 Å². The third kappa shape index (κ3) is 1.84. The van der Waals surface area contributed by atoms with Gasteiger partial charge in [0.25, 0.3) is 6.73 Å². The molecule has 3 nitrogen and oxygen atoms in total. The molecule has 2 aromatic rings. The zero-order valence-electron chi connectivity index (χ0n) is 10.2. The van der Waals surface area contributed by atoms with Crippen molar-refractivity contribution in [2.45, 2.75) is 0 Å². The van der Waals surface area contributed by atoms with Crippen molar-refractivity contribution in [3.8, 4) is 11.5 Å². The summed E-state index contributed by atoms with van der Waals surface area (Å²) in [5.41, 5.74) is 2.15. The lowest BCUT2D eigenvalue weighted by molar-refractivity contribution is -0.476. The highest BCUT2D eigenvalue weighted by Crippen LogP contribution is 2.32. The molecule has 1 aliphatic heterocycles. The second kappa shape index (κ2) is 4.53. The van der Waals surface area contributed by atoms with Gasteiger partial charge >= 0.3 is 0 Å². The van der Waals surface area contributed by atoms with Crippen LogP contribution in [0, 0.1) is 0 Å². The number of ether oxygens (including phenoxy) is 2. The average Bonchev–Trinajstić information content (AvgIpc) is 2.47. The van der Waals surface area contributed by atoms with Crippen molar-refractivity contribution in [3.05, 3.63) is 54.1 Å². The molecule has 0 aliphatic carbocycles. The molecular weight excluding hydrogens is 226 g/mol. The van der Waals surface area contributed by atoms with Gasteiger partial charge in [0, 0.05) is 12.1 Å². The lowest BCUT2D eigenvalue weighted by Crippen LogP contribution is -2.20. The van der Waals surface area contributed by atoms with E-state index >= 15 is 0 Å². The minimum atomic E-state index is 0.497. The van der Waals surface area contributed by atoms with Crippen LogP contribution < -0.4 is 9.47 Å². The standard InChI is InChI=1S/C15H14NO2/c1-17-14-9-5-6-12-10-16(11-18-15(12)14)13-7-3-2-4-8-13/h2-10H,11H2,1H3/q+1. The SMILES string of the molecule is COc1cccc2c1OC[N+](c1ccccc1)=C2. The molecule has 0 N–H and O–H groups in total. The molecule has 0 saturated heterocycles. The number of nitrogens with zero attached hydrogens (tertiary/aromatic N) is 1. The van der Waals surface area contributed by atoms with Gasteiger partial charge in [-0.1, -0.05) is 24.3 Å². The van der Waals surface area contributed by atoms with E-state index in [1.165, 1.54) is 0 Å². The predicted molar refractivity (Wildman–Crippen MR) is 70.0 cm³/mol. The minimum absolute atomic E-state index is 0.497. The fraction of sp³-hybridized carbons (Fsp3) is 0.133. The van der Waals surface area contributed by atoms with Crippen LogP contribution in [0.4, 0.5) is 5.69 Å². The topological polar surface area (TPSA) is 21.5 Å². The van der Waals surface area contributed by atoms with Gasteiger partial charge in [0.15, 0.2) is 17.7 Å². The molecule has 90 valence electrons. The third-order valence-electron chi connectivity index (χ3n) is 2.96. The largest absolute Gasteiger partial charge is 0.493 e. The summed E-state index contributed by atoms with van der Waals surface area (Å²) >= 11 is 0. The molecular formula is C15H14NO2+. The first-order chi connectivity index (χ1) is 8.88. The van der Waals surface area contributed by atoms with E-state index in [1.54, 1.807) is 7.11 Å². The van der Waals surface area contributed by atoms with Crippen LogP contribution in [0.5, 0.6) is 11.5 Å². The van der Waals surface area contributed by atoms with E-state index in [-0.39, 0.29) is 0 Å². The van der Waals surface area contributed by atoms with Crippen molar-refractivity contribution < 1.29 is 14.0 Å². The summed E-state index contributed by atoms with van der Waals surface area (Å²) in [6.07, 6.45) is 2.08. The van der Waals surface area contributed by atoms with Gasteiger partial charge in [0.1, 0.15) is 0 Å². The fourth-order valence-corrected chi connectivity index (χ4v) is 2.06. The number of hydrogen-bond donors (Lipinski definition) is 0. The fourth-order valence-electron chi connectivity index (χ4n) is 2.06. The summed E-state index contributed by atoms with van der Waals surface area (Å²) in [6, 6.07) is 16.1. The average molecular weight is 240 g/mol. The van der Waals surface area contributed by atoms with E-state index in [4.69, 9.17) is 9.47 Å². The molecule has 0 saturated carbocycles. The van der Waals surface area contributed by atoms with Gasteiger partial charge in [0.05, 0.1) is 12.7 Å². The number of fused-ring (bicyclic) bond motifs is 1. The van der Waals surface area contributed by atoms with Crippen LogP contribution in [-0.2, 0) is 0 Å². The van der Waals surface area contributed by atoms with E-state index in [0.717, 1.165) is 22.7 Å².